The Labute approximate surface area is 159 Å². The number of rotatable bonds is 8. The van der Waals surface area contributed by atoms with Crippen LogP contribution >= 0.6 is 0 Å². The average molecular weight is 361 g/mol. The van der Waals surface area contributed by atoms with Crippen molar-refractivity contribution in [1.29, 1.82) is 0 Å². The SMILES string of the molecule is CCOc1cc(C(=O)NCCC(c2ccccc2)c2ccccc2)ncn1. The van der Waals surface area contributed by atoms with E-state index < -0.39 is 0 Å². The highest BCUT2D eigenvalue weighted by molar-refractivity contribution is 5.92. The van der Waals surface area contributed by atoms with Crippen LogP contribution in [-0.2, 0) is 0 Å². The number of hydrogen-bond donors (Lipinski definition) is 1. The van der Waals surface area contributed by atoms with E-state index in [1.54, 1.807) is 6.07 Å². The molecule has 0 saturated heterocycles. The number of carbonyl (C=O) groups excluding carboxylic acids is 1. The summed E-state index contributed by atoms with van der Waals surface area (Å²) in [6.45, 7) is 2.91. The third-order valence-corrected chi connectivity index (χ3v) is 4.29. The van der Waals surface area contributed by atoms with Gasteiger partial charge in [-0.15, -0.1) is 0 Å². The minimum absolute atomic E-state index is 0.220. The normalized spacial score (nSPS) is 10.6. The van der Waals surface area contributed by atoms with Crippen LogP contribution < -0.4 is 10.1 Å². The Morgan fingerprint density at radius 3 is 2.22 bits per heavy atom. The zero-order chi connectivity index (χ0) is 18.9. The fraction of sp³-hybridized carbons (Fsp3) is 0.227. The van der Waals surface area contributed by atoms with E-state index in [1.165, 1.54) is 17.5 Å². The number of ether oxygens (including phenoxy) is 1. The standard InChI is InChI=1S/C22H23N3O2/c1-2-27-21-15-20(24-16-25-21)22(26)23-14-13-19(17-9-5-3-6-10-17)18-11-7-4-8-12-18/h3-12,15-16,19H,2,13-14H2,1H3,(H,23,26). The minimum Gasteiger partial charge on any atom is -0.478 e. The van der Waals surface area contributed by atoms with Gasteiger partial charge in [0.2, 0.25) is 5.88 Å². The van der Waals surface area contributed by atoms with E-state index >= 15 is 0 Å². The molecule has 5 heteroatoms. The maximum atomic E-state index is 12.4. The molecule has 1 N–H and O–H groups in total. The smallest absolute Gasteiger partial charge is 0.270 e. The van der Waals surface area contributed by atoms with Crippen LogP contribution in [0.5, 0.6) is 5.88 Å². The molecular formula is C22H23N3O2. The predicted molar refractivity (Wildman–Crippen MR) is 105 cm³/mol. The molecule has 0 saturated carbocycles. The van der Waals surface area contributed by atoms with Gasteiger partial charge in [0.1, 0.15) is 12.0 Å². The van der Waals surface area contributed by atoms with Crippen LogP contribution in [0.4, 0.5) is 0 Å². The average Bonchev–Trinajstić information content (AvgIpc) is 2.73. The van der Waals surface area contributed by atoms with Gasteiger partial charge in [0.15, 0.2) is 0 Å². The van der Waals surface area contributed by atoms with Crippen LogP contribution in [0.15, 0.2) is 73.1 Å². The first-order valence-electron chi connectivity index (χ1n) is 9.11. The van der Waals surface area contributed by atoms with E-state index in [0.717, 1.165) is 6.42 Å². The molecule has 0 aliphatic carbocycles. The Kier molecular flexibility index (Phi) is 6.52. The van der Waals surface area contributed by atoms with E-state index in [9.17, 15) is 4.79 Å². The lowest BCUT2D eigenvalue weighted by molar-refractivity contribution is 0.0947. The highest BCUT2D eigenvalue weighted by atomic mass is 16.5. The lowest BCUT2D eigenvalue weighted by Gasteiger charge is -2.18. The van der Waals surface area contributed by atoms with E-state index in [0.29, 0.717) is 24.7 Å². The fourth-order valence-electron chi connectivity index (χ4n) is 3.01. The van der Waals surface area contributed by atoms with Gasteiger partial charge in [-0.25, -0.2) is 9.97 Å². The molecule has 0 aliphatic heterocycles. The lowest BCUT2D eigenvalue weighted by Crippen LogP contribution is -2.26. The van der Waals surface area contributed by atoms with Crippen molar-refractivity contribution in [3.05, 3.63) is 89.9 Å². The Bertz CT molecular complexity index is 814. The van der Waals surface area contributed by atoms with E-state index in [1.807, 2.05) is 43.3 Å². The molecule has 1 aromatic heterocycles. The van der Waals surface area contributed by atoms with Crippen molar-refractivity contribution in [1.82, 2.24) is 15.3 Å². The summed E-state index contributed by atoms with van der Waals surface area (Å²) in [6.07, 6.45) is 2.14. The maximum Gasteiger partial charge on any atom is 0.270 e. The number of hydrogen-bond acceptors (Lipinski definition) is 4. The van der Waals surface area contributed by atoms with Crippen LogP contribution in [0, 0.1) is 0 Å². The molecule has 3 rings (SSSR count). The van der Waals surface area contributed by atoms with Crippen molar-refractivity contribution in [2.75, 3.05) is 13.2 Å². The Morgan fingerprint density at radius 2 is 1.63 bits per heavy atom. The minimum atomic E-state index is -0.224. The van der Waals surface area contributed by atoms with Crippen LogP contribution in [-0.4, -0.2) is 29.0 Å². The highest BCUT2D eigenvalue weighted by Crippen LogP contribution is 2.27. The molecule has 27 heavy (non-hydrogen) atoms. The van der Waals surface area contributed by atoms with Gasteiger partial charge in [0.05, 0.1) is 6.61 Å². The summed E-state index contributed by atoms with van der Waals surface area (Å²) >= 11 is 0. The van der Waals surface area contributed by atoms with Crippen LogP contribution in [0.3, 0.4) is 0 Å². The molecule has 1 heterocycles. The van der Waals surface area contributed by atoms with Crippen molar-refractivity contribution < 1.29 is 9.53 Å². The molecule has 2 aromatic carbocycles. The number of aromatic nitrogens is 2. The van der Waals surface area contributed by atoms with Gasteiger partial charge in [-0.2, -0.15) is 0 Å². The summed E-state index contributed by atoms with van der Waals surface area (Å²) in [5.41, 5.74) is 2.78. The molecule has 5 nitrogen and oxygen atoms in total. The van der Waals surface area contributed by atoms with Crippen molar-refractivity contribution in [3.63, 3.8) is 0 Å². The van der Waals surface area contributed by atoms with Crippen molar-refractivity contribution in [2.45, 2.75) is 19.3 Å². The van der Waals surface area contributed by atoms with Crippen LogP contribution in [0.1, 0.15) is 40.9 Å². The molecule has 0 aliphatic rings. The zero-order valence-corrected chi connectivity index (χ0v) is 15.3. The molecule has 0 spiro atoms. The van der Waals surface area contributed by atoms with Gasteiger partial charge < -0.3 is 10.1 Å². The quantitative estimate of drug-likeness (QED) is 0.662. The third-order valence-electron chi connectivity index (χ3n) is 4.29. The number of nitrogens with one attached hydrogen (secondary N) is 1. The Hall–Kier alpha value is -3.21. The summed E-state index contributed by atoms with van der Waals surface area (Å²) in [4.78, 5) is 20.4. The molecule has 0 bridgehead atoms. The second-order valence-electron chi connectivity index (χ2n) is 6.09. The van der Waals surface area contributed by atoms with Crippen molar-refractivity contribution >= 4 is 5.91 Å². The summed E-state index contributed by atoms with van der Waals surface area (Å²) in [5, 5.41) is 2.95. The first kappa shape index (κ1) is 18.6. The molecule has 0 unspecified atom stereocenters. The third kappa shape index (κ3) is 5.14. The van der Waals surface area contributed by atoms with E-state index in [2.05, 4.69) is 39.6 Å². The molecule has 0 radical (unpaired) electrons. The summed E-state index contributed by atoms with van der Waals surface area (Å²) in [7, 11) is 0. The van der Waals surface area contributed by atoms with Crippen molar-refractivity contribution in [2.24, 2.45) is 0 Å². The molecule has 1 amide bonds. The first-order chi connectivity index (χ1) is 13.3. The van der Waals surface area contributed by atoms with Crippen LogP contribution in [0.2, 0.25) is 0 Å². The molecular weight excluding hydrogens is 338 g/mol. The molecule has 0 fully saturated rings. The van der Waals surface area contributed by atoms with Crippen LogP contribution in [0.25, 0.3) is 0 Å². The molecule has 0 atom stereocenters. The number of amides is 1. The Balaban J connectivity index is 1.66. The van der Waals surface area contributed by atoms with Gasteiger partial charge in [-0.05, 0) is 24.5 Å². The van der Waals surface area contributed by atoms with Gasteiger partial charge in [-0.3, -0.25) is 4.79 Å². The first-order valence-corrected chi connectivity index (χ1v) is 9.11. The second-order valence-corrected chi connectivity index (χ2v) is 6.09. The zero-order valence-electron chi connectivity index (χ0n) is 15.3. The van der Waals surface area contributed by atoms with Gasteiger partial charge in [-0.1, -0.05) is 60.7 Å². The molecule has 3 aromatic rings. The second kappa shape index (κ2) is 9.48. The summed E-state index contributed by atoms with van der Waals surface area (Å²) in [5.74, 6) is 0.402. The van der Waals surface area contributed by atoms with Gasteiger partial charge in [0, 0.05) is 18.5 Å². The highest BCUT2D eigenvalue weighted by Gasteiger charge is 2.15. The summed E-state index contributed by atoms with van der Waals surface area (Å²) in [6, 6.07) is 22.2. The number of nitrogens with zero attached hydrogens (tertiary/aromatic N) is 2. The largest absolute Gasteiger partial charge is 0.478 e. The predicted octanol–water partition coefficient (Wildman–Crippen LogP) is 3.83. The van der Waals surface area contributed by atoms with Gasteiger partial charge in [0.25, 0.3) is 5.91 Å². The monoisotopic (exact) mass is 361 g/mol. The maximum absolute atomic E-state index is 12.4. The fourth-order valence-corrected chi connectivity index (χ4v) is 3.01. The topological polar surface area (TPSA) is 64.1 Å². The van der Waals surface area contributed by atoms with E-state index in [-0.39, 0.29) is 11.8 Å². The Morgan fingerprint density at radius 1 is 1.00 bits per heavy atom. The lowest BCUT2D eigenvalue weighted by atomic mass is 9.88. The number of benzene rings is 2. The van der Waals surface area contributed by atoms with E-state index in [4.69, 9.17) is 4.74 Å². The molecule has 138 valence electrons. The van der Waals surface area contributed by atoms with Gasteiger partial charge >= 0.3 is 0 Å². The number of carbonyl (C=O) groups is 1. The van der Waals surface area contributed by atoms with Crippen molar-refractivity contribution in [3.8, 4) is 5.88 Å². The summed E-state index contributed by atoms with van der Waals surface area (Å²) < 4.78 is 5.32.